The Morgan fingerprint density at radius 1 is 1.00 bits per heavy atom. The second-order valence-electron chi connectivity index (χ2n) is 2.99. The van der Waals surface area contributed by atoms with E-state index in [0.717, 1.165) is 24.3 Å². The van der Waals surface area contributed by atoms with E-state index >= 15 is 0 Å². The fourth-order valence-corrected chi connectivity index (χ4v) is 2.45. The van der Waals surface area contributed by atoms with Gasteiger partial charge in [0.25, 0.3) is 0 Å². The Balaban J connectivity index is 3.27. The van der Waals surface area contributed by atoms with E-state index in [1.165, 1.54) is 0 Å². The molecule has 0 atom stereocenters. The van der Waals surface area contributed by atoms with Gasteiger partial charge in [-0.1, -0.05) is 6.58 Å². The highest BCUT2D eigenvalue weighted by molar-refractivity contribution is 7.94. The van der Waals surface area contributed by atoms with E-state index in [1.807, 2.05) is 0 Å². The SMILES string of the molecule is C=CS(=O)(=O)c1ccc(S(=O)(=O)C(F)F)cc1. The van der Waals surface area contributed by atoms with E-state index < -0.39 is 30.3 Å². The average molecular weight is 282 g/mol. The molecule has 0 saturated carbocycles. The van der Waals surface area contributed by atoms with Crippen LogP contribution in [0.15, 0.2) is 46.0 Å². The summed E-state index contributed by atoms with van der Waals surface area (Å²) in [7, 11) is -8.40. The summed E-state index contributed by atoms with van der Waals surface area (Å²) in [5.74, 6) is -3.54. The van der Waals surface area contributed by atoms with Crippen molar-refractivity contribution in [3.05, 3.63) is 36.3 Å². The lowest BCUT2D eigenvalue weighted by Gasteiger charge is -2.03. The quantitative estimate of drug-likeness (QED) is 0.841. The van der Waals surface area contributed by atoms with Crippen molar-refractivity contribution in [1.29, 1.82) is 0 Å². The Kier molecular flexibility index (Phi) is 3.68. The maximum Gasteiger partial charge on any atom is 0.341 e. The van der Waals surface area contributed by atoms with Crippen molar-refractivity contribution >= 4 is 19.7 Å². The van der Waals surface area contributed by atoms with Crippen LogP contribution < -0.4 is 0 Å². The molecule has 1 aromatic rings. The fourth-order valence-electron chi connectivity index (χ4n) is 1.02. The van der Waals surface area contributed by atoms with E-state index in [4.69, 9.17) is 0 Å². The summed E-state index contributed by atoms with van der Waals surface area (Å²) in [5, 5.41) is 0.684. The van der Waals surface area contributed by atoms with E-state index in [9.17, 15) is 25.6 Å². The Hall–Kier alpha value is -1.28. The lowest BCUT2D eigenvalue weighted by Crippen LogP contribution is -2.11. The predicted octanol–water partition coefficient (Wildman–Crippen LogP) is 1.60. The van der Waals surface area contributed by atoms with Crippen LogP contribution in [0.25, 0.3) is 0 Å². The second-order valence-corrected chi connectivity index (χ2v) is 6.80. The van der Waals surface area contributed by atoms with Gasteiger partial charge < -0.3 is 0 Å². The van der Waals surface area contributed by atoms with Crippen LogP contribution in [0.1, 0.15) is 0 Å². The van der Waals surface area contributed by atoms with Crippen molar-refractivity contribution < 1.29 is 25.6 Å². The lowest BCUT2D eigenvalue weighted by atomic mass is 10.4. The molecule has 17 heavy (non-hydrogen) atoms. The molecule has 0 N–H and O–H groups in total. The highest BCUT2D eigenvalue weighted by Crippen LogP contribution is 2.20. The van der Waals surface area contributed by atoms with Crippen LogP contribution in [-0.4, -0.2) is 22.6 Å². The summed E-state index contributed by atoms with van der Waals surface area (Å²) >= 11 is 0. The van der Waals surface area contributed by atoms with Crippen LogP contribution in [0, 0.1) is 0 Å². The topological polar surface area (TPSA) is 68.3 Å². The molecular weight excluding hydrogens is 274 g/mol. The van der Waals surface area contributed by atoms with Crippen LogP contribution in [0.5, 0.6) is 0 Å². The first-order chi connectivity index (χ1) is 7.71. The molecule has 8 heteroatoms. The Labute approximate surface area is 97.4 Å². The molecule has 0 bridgehead atoms. The summed E-state index contributed by atoms with van der Waals surface area (Å²) in [4.78, 5) is -0.837. The van der Waals surface area contributed by atoms with Gasteiger partial charge in [-0.15, -0.1) is 0 Å². The first-order valence-electron chi connectivity index (χ1n) is 4.21. The maximum absolute atomic E-state index is 12.2. The minimum absolute atomic E-state index is 0.208. The molecule has 0 saturated heterocycles. The molecule has 0 amide bonds. The highest BCUT2D eigenvalue weighted by Gasteiger charge is 2.26. The number of hydrogen-bond donors (Lipinski definition) is 0. The second kappa shape index (κ2) is 4.53. The van der Waals surface area contributed by atoms with E-state index in [2.05, 4.69) is 6.58 Å². The van der Waals surface area contributed by atoms with Crippen molar-refractivity contribution in [1.82, 2.24) is 0 Å². The molecule has 1 aromatic carbocycles. The van der Waals surface area contributed by atoms with Crippen LogP contribution in [0.2, 0.25) is 0 Å². The predicted molar refractivity (Wildman–Crippen MR) is 57.0 cm³/mol. The van der Waals surface area contributed by atoms with Gasteiger partial charge in [0, 0.05) is 5.41 Å². The lowest BCUT2D eigenvalue weighted by molar-refractivity contribution is 0.234. The van der Waals surface area contributed by atoms with Crippen LogP contribution >= 0.6 is 0 Å². The standard InChI is InChI=1S/C9H8F2O4S2/c1-2-16(12,13)7-3-5-8(6-4-7)17(14,15)9(10)11/h2-6,9H,1H2. The Morgan fingerprint density at radius 2 is 1.41 bits per heavy atom. The van der Waals surface area contributed by atoms with Gasteiger partial charge in [0.05, 0.1) is 9.79 Å². The number of benzene rings is 1. The average Bonchev–Trinajstić information content (AvgIpc) is 2.29. The number of hydrogen-bond acceptors (Lipinski definition) is 4. The third-order valence-corrected chi connectivity index (χ3v) is 4.70. The molecule has 0 fully saturated rings. The fraction of sp³-hybridized carbons (Fsp3) is 0.111. The molecule has 94 valence electrons. The minimum atomic E-state index is -4.70. The van der Waals surface area contributed by atoms with Gasteiger partial charge in [0.1, 0.15) is 0 Å². The van der Waals surface area contributed by atoms with E-state index in [0.29, 0.717) is 5.41 Å². The van der Waals surface area contributed by atoms with Crippen molar-refractivity contribution in [3.8, 4) is 0 Å². The van der Waals surface area contributed by atoms with Crippen LogP contribution in [0.3, 0.4) is 0 Å². The van der Waals surface area contributed by atoms with E-state index in [1.54, 1.807) is 0 Å². The van der Waals surface area contributed by atoms with Crippen molar-refractivity contribution in [3.63, 3.8) is 0 Å². The summed E-state index contributed by atoms with van der Waals surface area (Å²) in [6.45, 7) is 3.08. The summed E-state index contributed by atoms with van der Waals surface area (Å²) in [6, 6.07) is 3.51. The number of halogens is 2. The summed E-state index contributed by atoms with van der Waals surface area (Å²) in [5.41, 5.74) is 0. The maximum atomic E-state index is 12.2. The molecule has 1 rings (SSSR count). The van der Waals surface area contributed by atoms with E-state index in [-0.39, 0.29) is 4.90 Å². The number of rotatable bonds is 4. The minimum Gasteiger partial charge on any atom is -0.219 e. The molecule has 0 aliphatic rings. The van der Waals surface area contributed by atoms with Gasteiger partial charge >= 0.3 is 5.76 Å². The third-order valence-electron chi connectivity index (χ3n) is 1.93. The first-order valence-corrected chi connectivity index (χ1v) is 7.31. The summed E-state index contributed by atoms with van der Waals surface area (Å²) in [6.07, 6.45) is 0. The monoisotopic (exact) mass is 282 g/mol. The zero-order valence-electron chi connectivity index (χ0n) is 8.38. The normalized spacial score (nSPS) is 12.6. The smallest absolute Gasteiger partial charge is 0.219 e. The number of sulfone groups is 2. The van der Waals surface area contributed by atoms with Gasteiger partial charge in [-0.3, -0.25) is 0 Å². The molecular formula is C9H8F2O4S2. The van der Waals surface area contributed by atoms with Crippen molar-refractivity contribution in [2.45, 2.75) is 15.5 Å². The molecule has 0 heterocycles. The number of alkyl halides is 2. The zero-order chi connectivity index (χ0) is 13.3. The molecule has 0 spiro atoms. The van der Waals surface area contributed by atoms with Gasteiger partial charge in [-0.05, 0) is 24.3 Å². The Morgan fingerprint density at radius 3 is 1.76 bits per heavy atom. The molecule has 0 aliphatic heterocycles. The van der Waals surface area contributed by atoms with Gasteiger partial charge in [0.15, 0.2) is 9.84 Å². The highest BCUT2D eigenvalue weighted by atomic mass is 32.2. The Bertz CT molecular complexity index is 615. The van der Waals surface area contributed by atoms with Crippen molar-refractivity contribution in [2.75, 3.05) is 0 Å². The molecule has 0 aliphatic carbocycles. The summed E-state index contributed by atoms with van der Waals surface area (Å²) < 4.78 is 69.0. The molecule has 0 radical (unpaired) electrons. The van der Waals surface area contributed by atoms with Gasteiger partial charge in [0.2, 0.25) is 9.84 Å². The zero-order valence-corrected chi connectivity index (χ0v) is 10.0. The van der Waals surface area contributed by atoms with Crippen LogP contribution in [-0.2, 0) is 19.7 Å². The molecule has 4 nitrogen and oxygen atoms in total. The van der Waals surface area contributed by atoms with Crippen molar-refractivity contribution in [2.24, 2.45) is 0 Å². The largest absolute Gasteiger partial charge is 0.341 e. The molecule has 0 unspecified atom stereocenters. The molecule has 0 aromatic heterocycles. The van der Waals surface area contributed by atoms with Gasteiger partial charge in [-0.2, -0.15) is 8.78 Å². The first kappa shape index (κ1) is 13.8. The van der Waals surface area contributed by atoms with Gasteiger partial charge in [-0.25, -0.2) is 16.8 Å². The third kappa shape index (κ3) is 2.70. The van der Waals surface area contributed by atoms with Crippen LogP contribution in [0.4, 0.5) is 8.78 Å².